The Morgan fingerprint density at radius 3 is 2.64 bits per heavy atom. The minimum atomic E-state index is -0.797. The van der Waals surface area contributed by atoms with Gasteiger partial charge in [0, 0.05) is 18.0 Å². The standard InChI is InChI=1S/C14H18N2O5S/c1-21-13(19)11-3-2-10(22-11)8-15-14(20)16-6-4-9(5-7-16)12(17)18/h2-3,9H,4-8H2,1H3,(H,15,20)(H,17,18). The molecule has 2 heterocycles. The highest BCUT2D eigenvalue weighted by atomic mass is 32.1. The second-order valence-corrected chi connectivity index (χ2v) is 6.18. The molecule has 1 aromatic heterocycles. The van der Waals surface area contributed by atoms with Crippen molar-refractivity contribution < 1.29 is 24.2 Å². The monoisotopic (exact) mass is 326 g/mol. The molecule has 1 saturated heterocycles. The minimum absolute atomic E-state index is 0.211. The van der Waals surface area contributed by atoms with Crippen LogP contribution in [-0.2, 0) is 16.1 Å². The van der Waals surface area contributed by atoms with Crippen LogP contribution < -0.4 is 5.32 Å². The molecule has 2 N–H and O–H groups in total. The van der Waals surface area contributed by atoms with Crippen LogP contribution in [0.5, 0.6) is 0 Å². The summed E-state index contributed by atoms with van der Waals surface area (Å²) >= 11 is 1.27. The van der Waals surface area contributed by atoms with Crippen LogP contribution >= 0.6 is 11.3 Å². The Morgan fingerprint density at radius 1 is 1.36 bits per heavy atom. The van der Waals surface area contributed by atoms with Gasteiger partial charge in [0.05, 0.1) is 19.6 Å². The number of rotatable bonds is 4. The highest BCUT2D eigenvalue weighted by molar-refractivity contribution is 7.13. The summed E-state index contributed by atoms with van der Waals surface area (Å²) in [6, 6.07) is 3.22. The molecule has 7 nitrogen and oxygen atoms in total. The summed E-state index contributed by atoms with van der Waals surface area (Å²) in [6.45, 7) is 1.22. The van der Waals surface area contributed by atoms with E-state index in [-0.39, 0.29) is 11.9 Å². The second-order valence-electron chi connectivity index (χ2n) is 5.02. The molecule has 8 heteroatoms. The van der Waals surface area contributed by atoms with Crippen LogP contribution in [0.4, 0.5) is 4.79 Å². The molecular weight excluding hydrogens is 308 g/mol. The maximum Gasteiger partial charge on any atom is 0.348 e. The van der Waals surface area contributed by atoms with Crippen molar-refractivity contribution in [2.45, 2.75) is 19.4 Å². The van der Waals surface area contributed by atoms with E-state index in [1.54, 1.807) is 17.0 Å². The molecule has 0 unspecified atom stereocenters. The van der Waals surface area contributed by atoms with Crippen molar-refractivity contribution in [1.29, 1.82) is 0 Å². The minimum Gasteiger partial charge on any atom is -0.481 e. The summed E-state index contributed by atoms with van der Waals surface area (Å²) in [5.74, 6) is -1.55. The van der Waals surface area contributed by atoms with Crippen LogP contribution in [0, 0.1) is 5.92 Å². The van der Waals surface area contributed by atoms with Crippen molar-refractivity contribution in [2.24, 2.45) is 5.92 Å². The molecule has 2 amide bonds. The van der Waals surface area contributed by atoms with E-state index in [4.69, 9.17) is 5.11 Å². The lowest BCUT2D eigenvalue weighted by atomic mass is 9.97. The zero-order valence-electron chi connectivity index (χ0n) is 12.2. The Morgan fingerprint density at radius 2 is 2.05 bits per heavy atom. The van der Waals surface area contributed by atoms with E-state index >= 15 is 0 Å². The van der Waals surface area contributed by atoms with Crippen molar-refractivity contribution in [1.82, 2.24) is 10.2 Å². The number of carboxylic acids is 1. The predicted octanol–water partition coefficient (Wildman–Crippen LogP) is 1.54. The second kappa shape index (κ2) is 7.26. The van der Waals surface area contributed by atoms with E-state index in [1.807, 2.05) is 0 Å². The molecule has 1 aromatic rings. The highest BCUT2D eigenvalue weighted by Crippen LogP contribution is 2.19. The van der Waals surface area contributed by atoms with Crippen LogP contribution in [0.3, 0.4) is 0 Å². The van der Waals surface area contributed by atoms with Crippen LogP contribution in [0.1, 0.15) is 27.4 Å². The Bertz CT molecular complexity index is 563. The number of hydrogen-bond acceptors (Lipinski definition) is 5. The number of hydrogen-bond donors (Lipinski definition) is 2. The van der Waals surface area contributed by atoms with Crippen LogP contribution in [-0.4, -0.2) is 48.2 Å². The molecule has 0 radical (unpaired) electrons. The van der Waals surface area contributed by atoms with E-state index in [0.717, 1.165) is 4.88 Å². The van der Waals surface area contributed by atoms with Gasteiger partial charge >= 0.3 is 18.0 Å². The van der Waals surface area contributed by atoms with Crippen molar-refractivity contribution in [2.75, 3.05) is 20.2 Å². The molecule has 0 spiro atoms. The van der Waals surface area contributed by atoms with Gasteiger partial charge in [-0.1, -0.05) is 0 Å². The number of aliphatic carboxylic acids is 1. The number of nitrogens with one attached hydrogen (secondary N) is 1. The summed E-state index contributed by atoms with van der Waals surface area (Å²) in [5, 5.41) is 11.7. The molecule has 120 valence electrons. The van der Waals surface area contributed by atoms with Crippen molar-refractivity contribution in [3.63, 3.8) is 0 Å². The number of likely N-dealkylation sites (tertiary alicyclic amines) is 1. The Kier molecular flexibility index (Phi) is 5.37. The molecule has 22 heavy (non-hydrogen) atoms. The van der Waals surface area contributed by atoms with E-state index < -0.39 is 11.9 Å². The average molecular weight is 326 g/mol. The zero-order valence-corrected chi connectivity index (χ0v) is 13.0. The summed E-state index contributed by atoms with van der Waals surface area (Å²) in [5.41, 5.74) is 0. The molecule has 1 aliphatic rings. The van der Waals surface area contributed by atoms with Gasteiger partial charge in [0.2, 0.25) is 0 Å². The van der Waals surface area contributed by atoms with Crippen molar-refractivity contribution in [3.05, 3.63) is 21.9 Å². The molecule has 1 aliphatic heterocycles. The zero-order chi connectivity index (χ0) is 16.1. The van der Waals surface area contributed by atoms with E-state index in [2.05, 4.69) is 10.1 Å². The molecule has 1 fully saturated rings. The quantitative estimate of drug-likeness (QED) is 0.818. The number of urea groups is 1. The molecule has 0 aromatic carbocycles. The molecule has 0 aliphatic carbocycles. The number of carbonyl (C=O) groups excluding carboxylic acids is 2. The topological polar surface area (TPSA) is 95.9 Å². The number of thiophene rings is 1. The summed E-state index contributed by atoms with van der Waals surface area (Å²) < 4.78 is 4.63. The summed E-state index contributed by atoms with van der Waals surface area (Å²) in [6.07, 6.45) is 0.961. The first kappa shape index (κ1) is 16.3. The maximum atomic E-state index is 12.0. The van der Waals surface area contributed by atoms with E-state index in [0.29, 0.717) is 37.4 Å². The lowest BCUT2D eigenvalue weighted by molar-refractivity contribution is -0.143. The van der Waals surface area contributed by atoms with Crippen molar-refractivity contribution in [3.8, 4) is 0 Å². The molecule has 2 rings (SSSR count). The van der Waals surface area contributed by atoms with Gasteiger partial charge in [-0.25, -0.2) is 9.59 Å². The van der Waals surface area contributed by atoms with E-state index in [9.17, 15) is 14.4 Å². The first-order valence-corrected chi connectivity index (χ1v) is 7.75. The number of carboxylic acid groups (broad SMARTS) is 1. The third kappa shape index (κ3) is 3.97. The van der Waals surface area contributed by atoms with E-state index in [1.165, 1.54) is 18.4 Å². The highest BCUT2D eigenvalue weighted by Gasteiger charge is 2.26. The van der Waals surface area contributed by atoms with Gasteiger partial charge in [0.15, 0.2) is 0 Å². The van der Waals surface area contributed by atoms with Gasteiger partial charge in [0.25, 0.3) is 0 Å². The number of carbonyl (C=O) groups is 3. The summed E-state index contributed by atoms with van der Waals surface area (Å²) in [7, 11) is 1.32. The van der Waals surface area contributed by atoms with Gasteiger partial charge in [-0.2, -0.15) is 0 Å². The SMILES string of the molecule is COC(=O)c1ccc(CNC(=O)N2CCC(C(=O)O)CC2)s1. The number of methoxy groups -OCH3 is 1. The first-order chi connectivity index (χ1) is 10.5. The Hall–Kier alpha value is -2.09. The number of esters is 1. The number of piperidine rings is 1. The van der Waals surface area contributed by atoms with Gasteiger partial charge in [0.1, 0.15) is 4.88 Å². The average Bonchev–Trinajstić information content (AvgIpc) is 3.00. The third-order valence-electron chi connectivity index (χ3n) is 3.59. The van der Waals surface area contributed by atoms with Gasteiger partial charge in [-0.15, -0.1) is 11.3 Å². The summed E-state index contributed by atoms with van der Waals surface area (Å²) in [4.78, 5) is 37.2. The Balaban J connectivity index is 1.80. The fourth-order valence-corrected chi connectivity index (χ4v) is 3.15. The lowest BCUT2D eigenvalue weighted by Crippen LogP contribution is -2.45. The normalized spacial score (nSPS) is 15.4. The first-order valence-electron chi connectivity index (χ1n) is 6.94. The Labute approximate surface area is 131 Å². The predicted molar refractivity (Wildman–Crippen MR) is 79.8 cm³/mol. The number of ether oxygens (including phenoxy) is 1. The van der Waals surface area contributed by atoms with Gasteiger partial charge in [-0.05, 0) is 25.0 Å². The number of amides is 2. The number of nitrogens with zero attached hydrogens (tertiary/aromatic N) is 1. The van der Waals surface area contributed by atoms with Gasteiger partial charge in [-0.3, -0.25) is 4.79 Å². The van der Waals surface area contributed by atoms with Gasteiger partial charge < -0.3 is 20.1 Å². The third-order valence-corrected chi connectivity index (χ3v) is 4.66. The van der Waals surface area contributed by atoms with Crippen LogP contribution in [0.15, 0.2) is 12.1 Å². The molecule has 0 bridgehead atoms. The molecule has 0 atom stereocenters. The van der Waals surface area contributed by atoms with Crippen LogP contribution in [0.25, 0.3) is 0 Å². The fourth-order valence-electron chi connectivity index (χ4n) is 2.29. The van der Waals surface area contributed by atoms with Crippen LogP contribution in [0.2, 0.25) is 0 Å². The van der Waals surface area contributed by atoms with Crippen molar-refractivity contribution >= 4 is 29.3 Å². The molecule has 0 saturated carbocycles. The largest absolute Gasteiger partial charge is 0.481 e. The fraction of sp³-hybridized carbons (Fsp3) is 0.500. The molecular formula is C14H18N2O5S. The smallest absolute Gasteiger partial charge is 0.348 e. The maximum absolute atomic E-state index is 12.0. The lowest BCUT2D eigenvalue weighted by Gasteiger charge is -2.30.